The van der Waals surface area contributed by atoms with Crippen molar-refractivity contribution in [3.8, 4) is 0 Å². The zero-order valence-corrected chi connectivity index (χ0v) is 15.7. The maximum absolute atomic E-state index is 12.8. The molecule has 0 saturated heterocycles. The number of fused-ring (bicyclic) bond motifs is 1. The number of rotatable bonds is 3. The molecule has 1 aromatic carbocycles. The first-order valence-electron chi connectivity index (χ1n) is 9.55. The number of benzene rings is 1. The van der Waals surface area contributed by atoms with Gasteiger partial charge in [-0.05, 0) is 49.6 Å². The van der Waals surface area contributed by atoms with Gasteiger partial charge in [0.1, 0.15) is 5.82 Å². The number of aryl methyl sites for hydroxylation is 1. The molecule has 1 aliphatic carbocycles. The Labute approximate surface area is 163 Å². The number of carbonyl (C=O) groups excluding carboxylic acids is 3. The van der Waals surface area contributed by atoms with Gasteiger partial charge in [-0.25, -0.2) is 9.78 Å². The van der Waals surface area contributed by atoms with Crippen molar-refractivity contribution >= 4 is 29.4 Å². The second-order valence-electron chi connectivity index (χ2n) is 7.33. The molecule has 0 unspecified atom stereocenters. The van der Waals surface area contributed by atoms with E-state index in [0.29, 0.717) is 22.6 Å². The number of anilines is 2. The number of urea groups is 1. The Morgan fingerprint density at radius 2 is 1.75 bits per heavy atom. The third kappa shape index (κ3) is 3.47. The second kappa shape index (κ2) is 7.42. The standard InChI is InChI=1S/C21H22N4O3/c1-13-7-10-18(22-12-13)24-21(28)23-14-8-9-16-17(11-14)20(27)25(19(16)26)15-5-3-2-4-6-15/h7-12,15H,2-6H2,1H3,(H2,22,23,24,28). The third-order valence-electron chi connectivity index (χ3n) is 5.27. The van der Waals surface area contributed by atoms with Crippen molar-refractivity contribution in [3.63, 3.8) is 0 Å². The predicted octanol–water partition coefficient (Wildman–Crippen LogP) is 3.96. The molecule has 2 aliphatic rings. The molecule has 0 bridgehead atoms. The van der Waals surface area contributed by atoms with Crippen LogP contribution in [0.2, 0.25) is 0 Å². The maximum atomic E-state index is 12.8. The van der Waals surface area contributed by atoms with Crippen molar-refractivity contribution in [2.45, 2.75) is 45.1 Å². The summed E-state index contributed by atoms with van der Waals surface area (Å²) in [6.45, 7) is 1.91. The van der Waals surface area contributed by atoms with Crippen molar-refractivity contribution in [1.29, 1.82) is 0 Å². The Morgan fingerprint density at radius 1 is 1.00 bits per heavy atom. The van der Waals surface area contributed by atoms with Gasteiger partial charge in [0.2, 0.25) is 0 Å². The van der Waals surface area contributed by atoms with Crippen LogP contribution in [0.5, 0.6) is 0 Å². The van der Waals surface area contributed by atoms with Crippen LogP contribution in [0.3, 0.4) is 0 Å². The number of nitrogens with one attached hydrogen (secondary N) is 2. The number of carbonyl (C=O) groups is 3. The summed E-state index contributed by atoms with van der Waals surface area (Å²) in [5, 5.41) is 5.33. The molecule has 2 N–H and O–H groups in total. The van der Waals surface area contributed by atoms with Crippen LogP contribution in [0.1, 0.15) is 58.4 Å². The number of hydrogen-bond acceptors (Lipinski definition) is 4. The monoisotopic (exact) mass is 378 g/mol. The first kappa shape index (κ1) is 18.2. The smallest absolute Gasteiger partial charge is 0.308 e. The summed E-state index contributed by atoms with van der Waals surface area (Å²) < 4.78 is 0. The van der Waals surface area contributed by atoms with Gasteiger partial charge in [-0.2, -0.15) is 0 Å². The normalized spacial score (nSPS) is 16.8. The lowest BCUT2D eigenvalue weighted by atomic mass is 9.94. The lowest BCUT2D eigenvalue weighted by Gasteiger charge is -2.29. The molecule has 0 atom stereocenters. The highest BCUT2D eigenvalue weighted by molar-refractivity contribution is 6.22. The van der Waals surface area contributed by atoms with Crippen molar-refractivity contribution < 1.29 is 14.4 Å². The van der Waals surface area contributed by atoms with Crippen molar-refractivity contribution in [2.24, 2.45) is 0 Å². The fourth-order valence-corrected chi connectivity index (χ4v) is 3.83. The number of hydrogen-bond donors (Lipinski definition) is 2. The van der Waals surface area contributed by atoms with Crippen LogP contribution < -0.4 is 10.6 Å². The molecule has 28 heavy (non-hydrogen) atoms. The topological polar surface area (TPSA) is 91.4 Å². The van der Waals surface area contributed by atoms with Gasteiger partial charge in [0.05, 0.1) is 11.1 Å². The Hall–Kier alpha value is -3.22. The Balaban J connectivity index is 1.48. The molecule has 4 amide bonds. The van der Waals surface area contributed by atoms with Crippen LogP contribution in [-0.4, -0.2) is 33.8 Å². The summed E-state index contributed by atoms with van der Waals surface area (Å²) in [4.78, 5) is 43.3. The van der Waals surface area contributed by atoms with Crippen molar-refractivity contribution in [3.05, 3.63) is 53.2 Å². The maximum Gasteiger partial charge on any atom is 0.324 e. The molecule has 144 valence electrons. The van der Waals surface area contributed by atoms with Crippen LogP contribution in [-0.2, 0) is 0 Å². The lowest BCUT2D eigenvalue weighted by molar-refractivity contribution is 0.0549. The molecule has 1 saturated carbocycles. The van der Waals surface area contributed by atoms with Crippen LogP contribution >= 0.6 is 0 Å². The van der Waals surface area contributed by atoms with Gasteiger partial charge in [-0.15, -0.1) is 0 Å². The summed E-state index contributed by atoms with van der Waals surface area (Å²) in [5.41, 5.74) is 2.20. The van der Waals surface area contributed by atoms with E-state index in [1.54, 1.807) is 30.5 Å². The quantitative estimate of drug-likeness (QED) is 0.791. The molecule has 2 heterocycles. The van der Waals surface area contributed by atoms with E-state index in [1.165, 1.54) is 4.90 Å². The summed E-state index contributed by atoms with van der Waals surface area (Å²) in [7, 11) is 0. The number of nitrogens with zero attached hydrogens (tertiary/aromatic N) is 2. The van der Waals surface area contributed by atoms with E-state index >= 15 is 0 Å². The molecular formula is C21H22N4O3. The summed E-state index contributed by atoms with van der Waals surface area (Å²) in [6.07, 6.45) is 6.62. The molecule has 7 heteroatoms. The molecule has 1 aliphatic heterocycles. The average Bonchev–Trinajstić information content (AvgIpc) is 2.94. The number of pyridine rings is 1. The van der Waals surface area contributed by atoms with Gasteiger partial charge in [-0.1, -0.05) is 25.3 Å². The van der Waals surface area contributed by atoms with E-state index in [4.69, 9.17) is 0 Å². The van der Waals surface area contributed by atoms with E-state index in [-0.39, 0.29) is 17.9 Å². The molecular weight excluding hydrogens is 356 g/mol. The zero-order valence-electron chi connectivity index (χ0n) is 15.7. The number of aromatic nitrogens is 1. The first-order valence-corrected chi connectivity index (χ1v) is 9.55. The summed E-state index contributed by atoms with van der Waals surface area (Å²) >= 11 is 0. The number of imide groups is 1. The molecule has 7 nitrogen and oxygen atoms in total. The Kier molecular flexibility index (Phi) is 4.81. The van der Waals surface area contributed by atoms with Crippen LogP contribution in [0, 0.1) is 6.92 Å². The largest absolute Gasteiger partial charge is 0.324 e. The third-order valence-corrected chi connectivity index (χ3v) is 5.27. The zero-order chi connectivity index (χ0) is 19.7. The lowest BCUT2D eigenvalue weighted by Crippen LogP contribution is -2.40. The van der Waals surface area contributed by atoms with Gasteiger partial charge in [-0.3, -0.25) is 19.8 Å². The molecule has 4 rings (SSSR count). The SMILES string of the molecule is Cc1ccc(NC(=O)Nc2ccc3c(c2)C(=O)N(C2CCCCC2)C3=O)nc1. The highest BCUT2D eigenvalue weighted by atomic mass is 16.2. The highest BCUT2D eigenvalue weighted by Crippen LogP contribution is 2.32. The van der Waals surface area contributed by atoms with Crippen molar-refractivity contribution in [2.75, 3.05) is 10.6 Å². The van der Waals surface area contributed by atoms with Crippen LogP contribution in [0.25, 0.3) is 0 Å². The molecule has 1 fully saturated rings. The van der Waals surface area contributed by atoms with Gasteiger partial charge in [0, 0.05) is 17.9 Å². The summed E-state index contributed by atoms with van der Waals surface area (Å²) in [6, 6.07) is 7.89. The van der Waals surface area contributed by atoms with Crippen LogP contribution in [0.15, 0.2) is 36.5 Å². The average molecular weight is 378 g/mol. The predicted molar refractivity (Wildman–Crippen MR) is 105 cm³/mol. The summed E-state index contributed by atoms with van der Waals surface area (Å²) in [5.74, 6) is -0.0677. The van der Waals surface area contributed by atoms with Gasteiger partial charge < -0.3 is 5.32 Å². The molecule has 1 aromatic heterocycles. The molecule has 0 radical (unpaired) electrons. The molecule has 0 spiro atoms. The fraction of sp³-hybridized carbons (Fsp3) is 0.333. The number of amides is 4. The van der Waals surface area contributed by atoms with E-state index in [9.17, 15) is 14.4 Å². The van der Waals surface area contributed by atoms with E-state index in [0.717, 1.165) is 37.7 Å². The first-order chi connectivity index (χ1) is 13.5. The molecule has 2 aromatic rings. The van der Waals surface area contributed by atoms with E-state index in [2.05, 4.69) is 15.6 Å². The minimum Gasteiger partial charge on any atom is -0.308 e. The van der Waals surface area contributed by atoms with E-state index < -0.39 is 6.03 Å². The van der Waals surface area contributed by atoms with E-state index in [1.807, 2.05) is 13.0 Å². The minimum absolute atomic E-state index is 0.0199. The fourth-order valence-electron chi connectivity index (χ4n) is 3.83. The second-order valence-corrected chi connectivity index (χ2v) is 7.33. The highest BCUT2D eigenvalue weighted by Gasteiger charge is 2.40. The van der Waals surface area contributed by atoms with Gasteiger partial charge in [0.15, 0.2) is 0 Å². The van der Waals surface area contributed by atoms with Crippen LogP contribution in [0.4, 0.5) is 16.3 Å². The van der Waals surface area contributed by atoms with Gasteiger partial charge in [0.25, 0.3) is 11.8 Å². The minimum atomic E-state index is -0.461. The Morgan fingerprint density at radius 3 is 2.46 bits per heavy atom. The Bertz CT molecular complexity index is 933. The van der Waals surface area contributed by atoms with Gasteiger partial charge >= 0.3 is 6.03 Å². The van der Waals surface area contributed by atoms with Crippen molar-refractivity contribution in [1.82, 2.24) is 9.88 Å².